The molecule has 2 aliphatic heterocycles. The van der Waals surface area contributed by atoms with Gasteiger partial charge in [0.1, 0.15) is 0 Å². The van der Waals surface area contributed by atoms with Crippen molar-refractivity contribution in [3.8, 4) is 0 Å². The van der Waals surface area contributed by atoms with Crippen LogP contribution in [0.4, 0.5) is 0 Å². The van der Waals surface area contributed by atoms with Gasteiger partial charge < -0.3 is 15.4 Å². The SMILES string of the molecule is CC1CN(Cc2ccc(CNC(=O)c3n[nH]c4c3CNCC4)cc2)CC(C)O1. The summed E-state index contributed by atoms with van der Waals surface area (Å²) < 4.78 is 5.80. The van der Waals surface area contributed by atoms with Gasteiger partial charge in [0.25, 0.3) is 5.91 Å². The van der Waals surface area contributed by atoms with Crippen LogP contribution in [0.5, 0.6) is 0 Å². The molecule has 1 aromatic heterocycles. The molecule has 0 bridgehead atoms. The number of aromatic amines is 1. The summed E-state index contributed by atoms with van der Waals surface area (Å²) in [5.74, 6) is -0.124. The second kappa shape index (κ2) is 8.43. The normalized spacial score (nSPS) is 22.6. The smallest absolute Gasteiger partial charge is 0.272 e. The highest BCUT2D eigenvalue weighted by molar-refractivity contribution is 5.94. The molecule has 1 saturated heterocycles. The van der Waals surface area contributed by atoms with Gasteiger partial charge in [0.2, 0.25) is 0 Å². The lowest BCUT2D eigenvalue weighted by molar-refractivity contribution is -0.0704. The van der Waals surface area contributed by atoms with E-state index in [-0.39, 0.29) is 18.1 Å². The van der Waals surface area contributed by atoms with Crippen molar-refractivity contribution in [1.29, 1.82) is 0 Å². The summed E-state index contributed by atoms with van der Waals surface area (Å²) in [4.78, 5) is 14.9. The Kier molecular flexibility index (Phi) is 5.75. The largest absolute Gasteiger partial charge is 0.373 e. The Balaban J connectivity index is 1.31. The minimum absolute atomic E-state index is 0.124. The fraction of sp³-hybridized carbons (Fsp3) is 0.524. The number of nitrogens with one attached hydrogen (secondary N) is 3. The Labute approximate surface area is 165 Å². The van der Waals surface area contributed by atoms with Crippen molar-refractivity contribution in [2.75, 3.05) is 19.6 Å². The van der Waals surface area contributed by atoms with Crippen molar-refractivity contribution >= 4 is 5.91 Å². The number of nitrogens with zero attached hydrogens (tertiary/aromatic N) is 2. The summed E-state index contributed by atoms with van der Waals surface area (Å²) >= 11 is 0. The molecule has 7 heteroatoms. The first-order valence-corrected chi connectivity index (χ1v) is 10.1. The summed E-state index contributed by atoms with van der Waals surface area (Å²) in [5.41, 5.74) is 4.94. The van der Waals surface area contributed by atoms with Gasteiger partial charge in [-0.05, 0) is 25.0 Å². The van der Waals surface area contributed by atoms with Crippen LogP contribution in [-0.4, -0.2) is 52.8 Å². The molecule has 28 heavy (non-hydrogen) atoms. The van der Waals surface area contributed by atoms with Gasteiger partial charge in [-0.15, -0.1) is 0 Å². The van der Waals surface area contributed by atoms with Gasteiger partial charge in [-0.2, -0.15) is 5.10 Å². The number of ether oxygens (including phenoxy) is 1. The van der Waals surface area contributed by atoms with E-state index in [2.05, 4.69) is 63.8 Å². The monoisotopic (exact) mass is 383 g/mol. The van der Waals surface area contributed by atoms with Crippen LogP contribution >= 0.6 is 0 Å². The number of rotatable bonds is 5. The summed E-state index contributed by atoms with van der Waals surface area (Å²) in [6.07, 6.45) is 1.44. The molecule has 4 rings (SSSR count). The van der Waals surface area contributed by atoms with Crippen molar-refractivity contribution in [1.82, 2.24) is 25.7 Å². The summed E-state index contributed by atoms with van der Waals surface area (Å²) in [6, 6.07) is 8.47. The van der Waals surface area contributed by atoms with Crippen LogP contribution in [0.3, 0.4) is 0 Å². The first kappa shape index (κ1) is 19.1. The number of fused-ring (bicyclic) bond motifs is 1. The number of hydrogen-bond acceptors (Lipinski definition) is 5. The number of benzene rings is 1. The van der Waals surface area contributed by atoms with E-state index in [1.54, 1.807) is 0 Å². The van der Waals surface area contributed by atoms with Crippen LogP contribution in [0.25, 0.3) is 0 Å². The minimum Gasteiger partial charge on any atom is -0.373 e. The maximum absolute atomic E-state index is 12.5. The minimum atomic E-state index is -0.124. The van der Waals surface area contributed by atoms with Crippen molar-refractivity contribution in [3.63, 3.8) is 0 Å². The molecule has 0 spiro atoms. The number of H-pyrrole nitrogens is 1. The van der Waals surface area contributed by atoms with Crippen molar-refractivity contribution < 1.29 is 9.53 Å². The molecule has 2 atom stereocenters. The van der Waals surface area contributed by atoms with Gasteiger partial charge >= 0.3 is 0 Å². The van der Waals surface area contributed by atoms with Gasteiger partial charge in [0, 0.05) is 56.9 Å². The molecule has 1 amide bonds. The maximum atomic E-state index is 12.5. The topological polar surface area (TPSA) is 82.3 Å². The number of carbonyl (C=O) groups is 1. The molecule has 150 valence electrons. The number of aromatic nitrogens is 2. The van der Waals surface area contributed by atoms with E-state index in [1.165, 1.54) is 5.56 Å². The highest BCUT2D eigenvalue weighted by Crippen LogP contribution is 2.16. The Morgan fingerprint density at radius 1 is 1.21 bits per heavy atom. The molecule has 1 aromatic carbocycles. The van der Waals surface area contributed by atoms with Crippen LogP contribution in [0.15, 0.2) is 24.3 Å². The van der Waals surface area contributed by atoms with Gasteiger partial charge in [-0.1, -0.05) is 24.3 Å². The lowest BCUT2D eigenvalue weighted by Gasteiger charge is -2.35. The lowest BCUT2D eigenvalue weighted by atomic mass is 10.1. The molecule has 2 aliphatic rings. The van der Waals surface area contributed by atoms with E-state index in [1.807, 2.05) is 0 Å². The molecule has 0 aliphatic carbocycles. The highest BCUT2D eigenvalue weighted by Gasteiger charge is 2.22. The zero-order chi connectivity index (χ0) is 19.5. The predicted octanol–water partition coefficient (Wildman–Crippen LogP) is 1.59. The third kappa shape index (κ3) is 4.43. The van der Waals surface area contributed by atoms with Crippen LogP contribution < -0.4 is 10.6 Å². The van der Waals surface area contributed by atoms with Crippen molar-refractivity contribution in [2.45, 2.75) is 52.1 Å². The average molecular weight is 383 g/mol. The molecule has 3 N–H and O–H groups in total. The summed E-state index contributed by atoms with van der Waals surface area (Å²) in [5, 5.41) is 13.5. The van der Waals surface area contributed by atoms with Gasteiger partial charge in [-0.25, -0.2) is 0 Å². The third-order valence-corrected chi connectivity index (χ3v) is 5.40. The summed E-state index contributed by atoms with van der Waals surface area (Å²) in [7, 11) is 0. The van der Waals surface area contributed by atoms with E-state index >= 15 is 0 Å². The molecule has 1 fully saturated rings. The third-order valence-electron chi connectivity index (χ3n) is 5.40. The molecule has 3 heterocycles. The van der Waals surface area contributed by atoms with E-state index in [4.69, 9.17) is 4.74 Å². The average Bonchev–Trinajstić information content (AvgIpc) is 3.11. The standard InChI is InChI=1S/C21H29N5O2/c1-14-11-26(12-15(2)28-14)13-17-5-3-16(4-6-17)9-23-21(27)20-18-10-22-8-7-19(18)24-25-20/h3-6,14-15,22H,7-13H2,1-2H3,(H,23,27)(H,24,25). The molecule has 2 unspecified atom stereocenters. The zero-order valence-electron chi connectivity index (χ0n) is 16.6. The quantitative estimate of drug-likeness (QED) is 0.731. The van der Waals surface area contributed by atoms with Gasteiger partial charge in [0.05, 0.1) is 12.2 Å². The Hall–Kier alpha value is -2.22. The molecular formula is C21H29N5O2. The van der Waals surface area contributed by atoms with Gasteiger partial charge in [0.15, 0.2) is 5.69 Å². The fourth-order valence-corrected chi connectivity index (χ4v) is 4.11. The van der Waals surface area contributed by atoms with Crippen LogP contribution in [0, 0.1) is 0 Å². The van der Waals surface area contributed by atoms with E-state index in [0.717, 1.165) is 49.4 Å². The number of morpholine rings is 1. The molecule has 7 nitrogen and oxygen atoms in total. The van der Waals surface area contributed by atoms with Crippen LogP contribution in [0.1, 0.15) is 46.7 Å². The van der Waals surface area contributed by atoms with E-state index < -0.39 is 0 Å². The number of amides is 1. The van der Waals surface area contributed by atoms with Crippen LogP contribution in [-0.2, 0) is 30.8 Å². The first-order valence-electron chi connectivity index (χ1n) is 10.1. The first-order chi connectivity index (χ1) is 13.6. The van der Waals surface area contributed by atoms with Crippen LogP contribution in [0.2, 0.25) is 0 Å². The van der Waals surface area contributed by atoms with E-state index in [0.29, 0.717) is 18.8 Å². The second-order valence-corrected chi connectivity index (χ2v) is 7.91. The zero-order valence-corrected chi connectivity index (χ0v) is 16.6. The molecule has 0 saturated carbocycles. The summed E-state index contributed by atoms with van der Waals surface area (Å²) in [6.45, 7) is 9.22. The Bertz CT molecular complexity index is 807. The van der Waals surface area contributed by atoms with Gasteiger partial charge in [-0.3, -0.25) is 14.8 Å². The number of hydrogen-bond donors (Lipinski definition) is 3. The van der Waals surface area contributed by atoms with Crippen molar-refractivity contribution in [3.05, 3.63) is 52.3 Å². The Morgan fingerprint density at radius 3 is 2.68 bits per heavy atom. The second-order valence-electron chi connectivity index (χ2n) is 7.91. The molecular weight excluding hydrogens is 354 g/mol. The Morgan fingerprint density at radius 2 is 1.93 bits per heavy atom. The van der Waals surface area contributed by atoms with Crippen molar-refractivity contribution in [2.24, 2.45) is 0 Å². The lowest BCUT2D eigenvalue weighted by Crippen LogP contribution is -2.44. The number of carbonyl (C=O) groups excluding carboxylic acids is 1. The predicted molar refractivity (Wildman–Crippen MR) is 107 cm³/mol. The van der Waals surface area contributed by atoms with E-state index in [9.17, 15) is 4.79 Å². The maximum Gasteiger partial charge on any atom is 0.272 e. The fourth-order valence-electron chi connectivity index (χ4n) is 4.11. The molecule has 2 aromatic rings. The molecule has 0 radical (unpaired) electrons. The highest BCUT2D eigenvalue weighted by atomic mass is 16.5.